The number of carbonyl (C=O) groups excluding carboxylic acids is 2. The molecular weight excluding hydrogens is 388 g/mol. The van der Waals surface area contributed by atoms with Crippen LogP contribution in [0.4, 0.5) is 5.69 Å². The van der Waals surface area contributed by atoms with E-state index in [4.69, 9.17) is 21.4 Å². The highest BCUT2D eigenvalue weighted by molar-refractivity contribution is 9.10. The van der Waals surface area contributed by atoms with Gasteiger partial charge in [-0.3, -0.25) is 4.79 Å². The van der Waals surface area contributed by atoms with E-state index in [1.54, 1.807) is 19.1 Å². The number of hydrogen-bond donors (Lipinski definition) is 2. The molecule has 0 spiro atoms. The predicted molar refractivity (Wildman–Crippen MR) is 90.2 cm³/mol. The Morgan fingerprint density at radius 1 is 1.52 bits per heavy atom. The lowest BCUT2D eigenvalue weighted by Gasteiger charge is -2.16. The Kier molecular flexibility index (Phi) is 5.67. The number of β-amino-alcohol motifs (C(OH)–C–C–N with tert-alkyl or cyclic N) is 1. The van der Waals surface area contributed by atoms with E-state index in [0.717, 1.165) is 5.56 Å². The van der Waals surface area contributed by atoms with Crippen molar-refractivity contribution in [3.8, 4) is 0 Å². The molecule has 2 N–H and O–H groups in total. The number of methoxy groups -OCH3 is 1. The summed E-state index contributed by atoms with van der Waals surface area (Å²) in [7, 11) is 1.26. The molecule has 1 amide bonds. The largest absolute Gasteiger partial charge is 0.466 e. The Morgan fingerprint density at radius 3 is 2.83 bits per heavy atom. The van der Waals surface area contributed by atoms with Gasteiger partial charge >= 0.3 is 5.97 Å². The Balaban J connectivity index is 2.43. The number of esters is 1. The molecule has 1 aromatic carbocycles. The van der Waals surface area contributed by atoms with Crippen LogP contribution < -0.4 is 5.32 Å². The maximum Gasteiger partial charge on any atom is 0.337 e. The van der Waals surface area contributed by atoms with E-state index in [2.05, 4.69) is 21.2 Å². The first-order valence-corrected chi connectivity index (χ1v) is 8.01. The predicted octanol–water partition coefficient (Wildman–Crippen LogP) is 2.08. The molecule has 0 atom stereocenters. The highest BCUT2D eigenvalue weighted by atomic mass is 79.9. The van der Waals surface area contributed by atoms with Gasteiger partial charge in [-0.2, -0.15) is 0 Å². The summed E-state index contributed by atoms with van der Waals surface area (Å²) in [5.74, 6) is -0.956. The third kappa shape index (κ3) is 3.52. The normalized spacial score (nSPS) is 14.5. The highest BCUT2D eigenvalue weighted by Crippen LogP contribution is 2.34. The lowest BCUT2D eigenvalue weighted by atomic mass is 10.1. The van der Waals surface area contributed by atoms with Crippen LogP contribution in [0.5, 0.6) is 0 Å². The van der Waals surface area contributed by atoms with Crippen molar-refractivity contribution in [1.82, 2.24) is 4.90 Å². The molecule has 1 aliphatic rings. The standard InChI is InChI=1S/C15H16BrClN2O4/c1-8-11(17)4-3-10(16)12(8)18-13-9(15(22)23-2)7-19(5-6-20)14(13)21/h3-4,18,20H,5-7H2,1-2H3. The van der Waals surface area contributed by atoms with Crippen molar-refractivity contribution >= 4 is 45.1 Å². The van der Waals surface area contributed by atoms with Crippen LogP contribution in [0.3, 0.4) is 0 Å². The fourth-order valence-corrected chi connectivity index (χ4v) is 2.97. The summed E-state index contributed by atoms with van der Waals surface area (Å²) in [6.45, 7) is 1.85. The number of aliphatic hydroxyl groups is 1. The van der Waals surface area contributed by atoms with Crippen LogP contribution in [-0.4, -0.2) is 48.7 Å². The van der Waals surface area contributed by atoms with Crippen LogP contribution in [0.15, 0.2) is 27.9 Å². The molecule has 6 nitrogen and oxygen atoms in total. The van der Waals surface area contributed by atoms with E-state index >= 15 is 0 Å². The van der Waals surface area contributed by atoms with Crippen LogP contribution in [0.25, 0.3) is 0 Å². The van der Waals surface area contributed by atoms with Crippen LogP contribution in [0, 0.1) is 6.92 Å². The number of anilines is 1. The Hall–Kier alpha value is -1.57. The number of amides is 1. The molecule has 8 heteroatoms. The Bertz CT molecular complexity index is 690. The zero-order chi connectivity index (χ0) is 17.1. The minimum absolute atomic E-state index is 0.0889. The van der Waals surface area contributed by atoms with Crippen molar-refractivity contribution in [2.24, 2.45) is 0 Å². The van der Waals surface area contributed by atoms with Gasteiger partial charge in [0.1, 0.15) is 5.70 Å². The van der Waals surface area contributed by atoms with Gasteiger partial charge in [0.25, 0.3) is 5.91 Å². The molecular formula is C15H16BrClN2O4. The first-order valence-electron chi connectivity index (χ1n) is 6.84. The number of nitrogens with one attached hydrogen (secondary N) is 1. The van der Waals surface area contributed by atoms with Crippen molar-refractivity contribution < 1.29 is 19.4 Å². The minimum Gasteiger partial charge on any atom is -0.466 e. The summed E-state index contributed by atoms with van der Waals surface area (Å²) in [5.41, 5.74) is 1.70. The molecule has 0 bridgehead atoms. The van der Waals surface area contributed by atoms with E-state index < -0.39 is 5.97 Å². The van der Waals surface area contributed by atoms with Gasteiger partial charge in [-0.05, 0) is 40.5 Å². The molecule has 124 valence electrons. The fourth-order valence-electron chi connectivity index (χ4n) is 2.28. The first-order chi connectivity index (χ1) is 10.9. The molecule has 2 rings (SSSR count). The maximum absolute atomic E-state index is 12.5. The van der Waals surface area contributed by atoms with Gasteiger partial charge in [-0.25, -0.2) is 4.79 Å². The average molecular weight is 404 g/mol. The molecule has 0 unspecified atom stereocenters. The van der Waals surface area contributed by atoms with Gasteiger partial charge in [0, 0.05) is 16.0 Å². The van der Waals surface area contributed by atoms with Gasteiger partial charge in [0.15, 0.2) is 0 Å². The van der Waals surface area contributed by atoms with Gasteiger partial charge in [-0.1, -0.05) is 11.6 Å². The molecule has 0 saturated heterocycles. The van der Waals surface area contributed by atoms with Gasteiger partial charge in [-0.15, -0.1) is 0 Å². The molecule has 1 aliphatic heterocycles. The minimum atomic E-state index is -0.586. The highest BCUT2D eigenvalue weighted by Gasteiger charge is 2.34. The maximum atomic E-state index is 12.5. The number of aliphatic hydroxyl groups excluding tert-OH is 1. The molecule has 1 heterocycles. The quantitative estimate of drug-likeness (QED) is 0.736. The zero-order valence-corrected chi connectivity index (χ0v) is 15.0. The third-order valence-corrected chi connectivity index (χ3v) is 4.62. The van der Waals surface area contributed by atoms with Gasteiger partial charge in [0.2, 0.25) is 0 Å². The lowest BCUT2D eigenvalue weighted by Crippen LogP contribution is -2.31. The third-order valence-electron chi connectivity index (χ3n) is 3.55. The molecule has 0 radical (unpaired) electrons. The second-order valence-corrected chi connectivity index (χ2v) is 6.21. The fraction of sp³-hybridized carbons (Fsp3) is 0.333. The van der Waals surface area contributed by atoms with Crippen molar-refractivity contribution in [2.45, 2.75) is 6.92 Å². The van der Waals surface area contributed by atoms with Crippen molar-refractivity contribution in [3.05, 3.63) is 38.5 Å². The number of halogens is 2. The molecule has 0 aliphatic carbocycles. The number of hydrogen-bond acceptors (Lipinski definition) is 5. The van der Waals surface area contributed by atoms with E-state index in [1.165, 1.54) is 12.0 Å². The Morgan fingerprint density at radius 2 is 2.22 bits per heavy atom. The van der Waals surface area contributed by atoms with Gasteiger partial charge < -0.3 is 20.1 Å². The van der Waals surface area contributed by atoms with Crippen molar-refractivity contribution in [2.75, 3.05) is 32.1 Å². The summed E-state index contributed by atoms with van der Waals surface area (Å²) >= 11 is 9.52. The summed E-state index contributed by atoms with van der Waals surface area (Å²) in [4.78, 5) is 25.8. The first kappa shape index (κ1) is 17.8. The number of ether oxygens (including phenoxy) is 1. The molecule has 23 heavy (non-hydrogen) atoms. The van der Waals surface area contributed by atoms with Crippen molar-refractivity contribution in [1.29, 1.82) is 0 Å². The SMILES string of the molecule is COC(=O)C1=C(Nc2c(Br)ccc(Cl)c2C)C(=O)N(CCO)C1. The molecule has 0 saturated carbocycles. The smallest absolute Gasteiger partial charge is 0.337 e. The number of rotatable bonds is 5. The number of nitrogens with zero attached hydrogens (tertiary/aromatic N) is 1. The summed E-state index contributed by atoms with van der Waals surface area (Å²) in [6.07, 6.45) is 0. The Labute approximate surface area is 147 Å². The van der Waals surface area contributed by atoms with Crippen molar-refractivity contribution in [3.63, 3.8) is 0 Å². The van der Waals surface area contributed by atoms with Crippen LogP contribution >= 0.6 is 27.5 Å². The van der Waals surface area contributed by atoms with Crippen LogP contribution in [0.2, 0.25) is 5.02 Å². The number of benzene rings is 1. The summed E-state index contributed by atoms with van der Waals surface area (Å²) in [5, 5.41) is 12.6. The monoisotopic (exact) mass is 402 g/mol. The number of carbonyl (C=O) groups is 2. The summed E-state index contributed by atoms with van der Waals surface area (Å²) < 4.78 is 5.46. The van der Waals surface area contributed by atoms with Crippen LogP contribution in [-0.2, 0) is 14.3 Å². The second kappa shape index (κ2) is 7.33. The zero-order valence-electron chi connectivity index (χ0n) is 12.7. The second-order valence-electron chi connectivity index (χ2n) is 4.95. The van der Waals surface area contributed by atoms with E-state index in [0.29, 0.717) is 15.2 Å². The molecule has 0 aromatic heterocycles. The molecule has 1 aromatic rings. The van der Waals surface area contributed by atoms with E-state index in [1.807, 2.05) is 0 Å². The topological polar surface area (TPSA) is 78.9 Å². The summed E-state index contributed by atoms with van der Waals surface area (Å²) in [6, 6.07) is 3.48. The van der Waals surface area contributed by atoms with E-state index in [9.17, 15) is 9.59 Å². The van der Waals surface area contributed by atoms with E-state index in [-0.39, 0.29) is 36.9 Å². The van der Waals surface area contributed by atoms with Gasteiger partial charge in [0.05, 0.1) is 31.5 Å². The average Bonchev–Trinajstić information content (AvgIpc) is 2.84. The van der Waals surface area contributed by atoms with Crippen LogP contribution in [0.1, 0.15) is 5.56 Å². The lowest BCUT2D eigenvalue weighted by molar-refractivity contribution is -0.136. The molecule has 0 fully saturated rings.